The topological polar surface area (TPSA) is 79.0 Å². The molecule has 0 radical (unpaired) electrons. The Morgan fingerprint density at radius 2 is 2.03 bits per heavy atom. The minimum atomic E-state index is 0.167. The predicted octanol–water partition coefficient (Wildman–Crippen LogP) is 2.80. The maximum Gasteiger partial charge on any atom is 0.222 e. The van der Waals surface area contributed by atoms with Crippen molar-refractivity contribution < 1.29 is 14.3 Å². The van der Waals surface area contributed by atoms with Crippen LogP contribution in [0.25, 0.3) is 0 Å². The average molecular weight is 464 g/mol. The van der Waals surface area contributed by atoms with Crippen LogP contribution in [0.1, 0.15) is 49.3 Å². The second-order valence-electron chi connectivity index (χ2n) is 9.88. The molecule has 4 aliphatic rings. The lowest BCUT2D eigenvalue weighted by Gasteiger charge is -2.37. The van der Waals surface area contributed by atoms with Gasteiger partial charge in [-0.1, -0.05) is 12.1 Å². The van der Waals surface area contributed by atoms with Crippen LogP contribution in [-0.2, 0) is 11.2 Å². The Morgan fingerprint density at radius 1 is 1.12 bits per heavy atom. The first-order valence-electron chi connectivity index (χ1n) is 12.6. The summed E-state index contributed by atoms with van der Waals surface area (Å²) in [5, 5.41) is 0. The SMILES string of the molecule is O=C1CCCN1C1CCN(C[C@@H]2Cc3ccc(Oc4ccc(C5CCNN5)cn4)cc3O2)CC1. The number of aromatic nitrogens is 1. The zero-order chi connectivity index (χ0) is 22.9. The fourth-order valence-corrected chi connectivity index (χ4v) is 5.71. The van der Waals surface area contributed by atoms with Gasteiger partial charge in [0.25, 0.3) is 0 Å². The molecule has 2 aromatic rings. The molecule has 2 N–H and O–H groups in total. The molecule has 8 heteroatoms. The van der Waals surface area contributed by atoms with E-state index in [0.29, 0.717) is 23.9 Å². The number of nitrogens with one attached hydrogen (secondary N) is 2. The number of fused-ring (bicyclic) bond motifs is 1. The Kier molecular flexibility index (Phi) is 6.11. The van der Waals surface area contributed by atoms with Gasteiger partial charge in [-0.25, -0.2) is 4.98 Å². The number of hydrazine groups is 1. The molecule has 0 bridgehead atoms. The fraction of sp³-hybridized carbons (Fsp3) is 0.538. The highest BCUT2D eigenvalue weighted by atomic mass is 16.5. The van der Waals surface area contributed by atoms with Crippen molar-refractivity contribution in [3.8, 4) is 17.4 Å². The van der Waals surface area contributed by atoms with Crippen LogP contribution in [0, 0.1) is 0 Å². The molecule has 0 saturated carbocycles. The number of hydrogen-bond donors (Lipinski definition) is 2. The monoisotopic (exact) mass is 463 g/mol. The molecule has 34 heavy (non-hydrogen) atoms. The van der Waals surface area contributed by atoms with Gasteiger partial charge in [0.2, 0.25) is 11.8 Å². The highest BCUT2D eigenvalue weighted by molar-refractivity contribution is 5.78. The highest BCUT2D eigenvalue weighted by Crippen LogP contribution is 2.35. The van der Waals surface area contributed by atoms with Gasteiger partial charge in [-0.15, -0.1) is 0 Å². The van der Waals surface area contributed by atoms with E-state index < -0.39 is 0 Å². The van der Waals surface area contributed by atoms with Crippen molar-refractivity contribution in [3.63, 3.8) is 0 Å². The molecular weight excluding hydrogens is 430 g/mol. The van der Waals surface area contributed by atoms with Crippen molar-refractivity contribution in [2.24, 2.45) is 0 Å². The van der Waals surface area contributed by atoms with Gasteiger partial charge in [0.05, 0.1) is 0 Å². The van der Waals surface area contributed by atoms with E-state index in [2.05, 4.69) is 37.8 Å². The number of ether oxygens (including phenoxy) is 2. The number of pyridine rings is 1. The molecule has 0 spiro atoms. The Balaban J connectivity index is 1.01. The molecule has 4 aliphatic heterocycles. The normalized spacial score (nSPS) is 25.5. The lowest BCUT2D eigenvalue weighted by molar-refractivity contribution is -0.130. The molecule has 180 valence electrons. The van der Waals surface area contributed by atoms with Crippen molar-refractivity contribution in [2.45, 2.75) is 56.7 Å². The molecule has 3 saturated heterocycles. The number of piperidine rings is 1. The second kappa shape index (κ2) is 9.52. The molecule has 3 fully saturated rings. The second-order valence-corrected chi connectivity index (χ2v) is 9.88. The molecule has 1 aromatic carbocycles. The third kappa shape index (κ3) is 4.62. The van der Waals surface area contributed by atoms with Crippen molar-refractivity contribution in [1.82, 2.24) is 25.6 Å². The van der Waals surface area contributed by atoms with Crippen LogP contribution in [0.15, 0.2) is 36.5 Å². The van der Waals surface area contributed by atoms with E-state index >= 15 is 0 Å². The van der Waals surface area contributed by atoms with E-state index in [1.807, 2.05) is 24.4 Å². The molecule has 2 atom stereocenters. The highest BCUT2D eigenvalue weighted by Gasteiger charge is 2.32. The van der Waals surface area contributed by atoms with Crippen LogP contribution in [-0.4, -0.2) is 65.6 Å². The molecule has 6 rings (SSSR count). The lowest BCUT2D eigenvalue weighted by atomic mass is 10.0. The number of carbonyl (C=O) groups is 1. The van der Waals surface area contributed by atoms with Crippen LogP contribution in [0.2, 0.25) is 0 Å². The average Bonchev–Trinajstić information content (AvgIpc) is 3.61. The predicted molar refractivity (Wildman–Crippen MR) is 128 cm³/mol. The summed E-state index contributed by atoms with van der Waals surface area (Å²) in [6, 6.07) is 10.8. The molecule has 1 unspecified atom stereocenters. The molecule has 1 aromatic heterocycles. The summed E-state index contributed by atoms with van der Waals surface area (Å²) in [6.45, 7) is 4.92. The first-order chi connectivity index (χ1) is 16.7. The summed E-state index contributed by atoms with van der Waals surface area (Å²) in [4.78, 5) is 21.1. The van der Waals surface area contributed by atoms with Gasteiger partial charge >= 0.3 is 0 Å². The van der Waals surface area contributed by atoms with Gasteiger partial charge in [-0.05, 0) is 42.9 Å². The van der Waals surface area contributed by atoms with E-state index in [4.69, 9.17) is 9.47 Å². The molecule has 8 nitrogen and oxygen atoms in total. The van der Waals surface area contributed by atoms with Crippen molar-refractivity contribution in [1.29, 1.82) is 0 Å². The number of carbonyl (C=O) groups excluding carboxylic acids is 1. The van der Waals surface area contributed by atoms with Gasteiger partial charge in [-0.2, -0.15) is 0 Å². The standard InChI is InChI=1S/C26H33N5O3/c32-26-2-1-11-31(26)20-8-12-30(13-9-20)17-22-14-18-3-5-21(15-24(18)33-22)34-25-6-4-19(16-27-25)23-7-10-28-29-23/h3-6,15-16,20,22-23,28-29H,1-2,7-14,17H2/t22-,23?/m0/s1. The third-order valence-electron chi connectivity index (χ3n) is 7.57. The van der Waals surface area contributed by atoms with E-state index in [9.17, 15) is 4.79 Å². The summed E-state index contributed by atoms with van der Waals surface area (Å²) in [6.07, 6.45) is 7.93. The summed E-state index contributed by atoms with van der Waals surface area (Å²) < 4.78 is 12.3. The summed E-state index contributed by atoms with van der Waals surface area (Å²) >= 11 is 0. The van der Waals surface area contributed by atoms with E-state index in [1.54, 1.807) is 0 Å². The zero-order valence-electron chi connectivity index (χ0n) is 19.5. The molecule has 5 heterocycles. The van der Waals surface area contributed by atoms with Crippen LogP contribution in [0.3, 0.4) is 0 Å². The lowest BCUT2D eigenvalue weighted by Crippen LogP contribution is -2.47. The number of rotatable bonds is 6. The number of amides is 1. The molecular formula is C26H33N5O3. The van der Waals surface area contributed by atoms with Crippen LogP contribution < -0.4 is 20.3 Å². The van der Waals surface area contributed by atoms with Gasteiger partial charge in [0.1, 0.15) is 17.6 Å². The van der Waals surface area contributed by atoms with Gasteiger partial charge < -0.3 is 14.4 Å². The number of nitrogens with zero attached hydrogens (tertiary/aromatic N) is 3. The van der Waals surface area contributed by atoms with Crippen LogP contribution >= 0.6 is 0 Å². The Bertz CT molecular complexity index is 1020. The summed E-state index contributed by atoms with van der Waals surface area (Å²) in [5.41, 5.74) is 8.80. The zero-order valence-corrected chi connectivity index (χ0v) is 19.5. The maximum atomic E-state index is 12.0. The molecule has 1 amide bonds. The summed E-state index contributed by atoms with van der Waals surface area (Å²) in [7, 11) is 0. The Morgan fingerprint density at radius 3 is 2.76 bits per heavy atom. The van der Waals surface area contributed by atoms with E-state index in [1.165, 1.54) is 5.56 Å². The minimum Gasteiger partial charge on any atom is -0.488 e. The summed E-state index contributed by atoms with van der Waals surface area (Å²) in [5.74, 6) is 2.60. The van der Waals surface area contributed by atoms with Gasteiger partial charge in [-0.3, -0.25) is 20.5 Å². The van der Waals surface area contributed by atoms with E-state index in [0.717, 1.165) is 88.3 Å². The van der Waals surface area contributed by atoms with Crippen molar-refractivity contribution in [3.05, 3.63) is 47.7 Å². The number of benzene rings is 1. The number of hydrogen-bond acceptors (Lipinski definition) is 7. The Hall–Kier alpha value is -2.68. The van der Waals surface area contributed by atoms with Crippen molar-refractivity contribution in [2.75, 3.05) is 32.7 Å². The number of likely N-dealkylation sites (tertiary alicyclic amines) is 2. The smallest absolute Gasteiger partial charge is 0.222 e. The van der Waals surface area contributed by atoms with Gasteiger partial charge in [0.15, 0.2) is 0 Å². The largest absolute Gasteiger partial charge is 0.488 e. The van der Waals surface area contributed by atoms with Crippen molar-refractivity contribution >= 4 is 5.91 Å². The van der Waals surface area contributed by atoms with E-state index in [-0.39, 0.29) is 6.10 Å². The third-order valence-corrected chi connectivity index (χ3v) is 7.57. The maximum absolute atomic E-state index is 12.0. The van der Waals surface area contributed by atoms with Gasteiger partial charge in [0, 0.05) is 76.0 Å². The van der Waals surface area contributed by atoms with Crippen LogP contribution in [0.5, 0.6) is 17.4 Å². The first-order valence-corrected chi connectivity index (χ1v) is 12.6. The fourth-order valence-electron chi connectivity index (χ4n) is 5.71. The minimum absolute atomic E-state index is 0.167. The quantitative estimate of drug-likeness (QED) is 0.682. The first kappa shape index (κ1) is 21.8. The Labute approximate surface area is 200 Å². The molecule has 0 aliphatic carbocycles. The van der Waals surface area contributed by atoms with Crippen LogP contribution in [0.4, 0.5) is 0 Å².